The van der Waals surface area contributed by atoms with Crippen molar-refractivity contribution in [1.29, 1.82) is 0 Å². The lowest BCUT2D eigenvalue weighted by molar-refractivity contribution is 0.0825. The fraction of sp³-hybridized carbons (Fsp3) is 0.500. The summed E-state index contributed by atoms with van der Waals surface area (Å²) in [4.78, 5) is 35.3. The molecule has 1 aliphatic carbocycles. The number of carbonyl (C=O) groups excluding carboxylic acids is 1. The molecule has 2 aromatic heterocycles. The molecule has 1 aliphatic rings. The minimum atomic E-state index is -0.278. The summed E-state index contributed by atoms with van der Waals surface area (Å²) < 4.78 is 1.72. The van der Waals surface area contributed by atoms with Crippen LogP contribution in [0.15, 0.2) is 17.1 Å². The summed E-state index contributed by atoms with van der Waals surface area (Å²) in [6.45, 7) is 1.81. The zero-order valence-electron chi connectivity index (χ0n) is 13.2. The Kier molecular flexibility index (Phi) is 3.68. The van der Waals surface area contributed by atoms with E-state index in [-0.39, 0.29) is 23.1 Å². The van der Waals surface area contributed by atoms with Crippen LogP contribution < -0.4 is 5.56 Å². The minimum absolute atomic E-state index is 0.124. The molecule has 0 aliphatic heterocycles. The molecule has 0 radical (unpaired) electrons. The van der Waals surface area contributed by atoms with Crippen LogP contribution in [-0.4, -0.2) is 39.4 Å². The molecule has 0 aromatic carbocycles. The van der Waals surface area contributed by atoms with E-state index in [2.05, 4.69) is 9.97 Å². The molecule has 3 rings (SSSR count). The van der Waals surface area contributed by atoms with E-state index in [1.54, 1.807) is 30.9 Å². The number of carbonyl (C=O) groups is 1. The van der Waals surface area contributed by atoms with Crippen molar-refractivity contribution in [3.8, 4) is 0 Å². The van der Waals surface area contributed by atoms with E-state index < -0.39 is 0 Å². The topological polar surface area (TPSA) is 68.1 Å². The van der Waals surface area contributed by atoms with Gasteiger partial charge in [0.2, 0.25) is 0 Å². The van der Waals surface area contributed by atoms with Crippen molar-refractivity contribution < 1.29 is 4.79 Å². The van der Waals surface area contributed by atoms with E-state index in [9.17, 15) is 9.59 Å². The highest BCUT2D eigenvalue weighted by molar-refractivity contribution is 5.96. The Morgan fingerprint density at radius 2 is 2.00 bits per heavy atom. The molecule has 2 aromatic rings. The molecule has 0 saturated heterocycles. The monoisotopic (exact) mass is 300 g/mol. The van der Waals surface area contributed by atoms with Gasteiger partial charge in [0.05, 0.1) is 0 Å². The van der Waals surface area contributed by atoms with Crippen LogP contribution in [0.4, 0.5) is 0 Å². The highest BCUT2D eigenvalue weighted by atomic mass is 16.2. The third-order valence-electron chi connectivity index (χ3n) is 4.22. The number of aryl methyl sites for hydroxylation is 1. The molecule has 1 saturated carbocycles. The van der Waals surface area contributed by atoms with Gasteiger partial charge in [-0.15, -0.1) is 0 Å². The Labute approximate surface area is 128 Å². The van der Waals surface area contributed by atoms with Crippen molar-refractivity contribution in [2.24, 2.45) is 0 Å². The number of nitrogens with zero attached hydrogens (tertiary/aromatic N) is 4. The molecule has 22 heavy (non-hydrogen) atoms. The zero-order valence-corrected chi connectivity index (χ0v) is 13.2. The van der Waals surface area contributed by atoms with Gasteiger partial charge in [0.15, 0.2) is 0 Å². The fourth-order valence-corrected chi connectivity index (χ4v) is 3.10. The van der Waals surface area contributed by atoms with Gasteiger partial charge >= 0.3 is 0 Å². The number of pyridine rings is 1. The second-order valence-electron chi connectivity index (χ2n) is 6.07. The first kappa shape index (κ1) is 14.7. The molecule has 0 N–H and O–H groups in total. The van der Waals surface area contributed by atoms with E-state index in [1.165, 1.54) is 4.90 Å². The number of rotatable bonds is 2. The molecule has 0 unspecified atom stereocenters. The van der Waals surface area contributed by atoms with Gasteiger partial charge in [-0.05, 0) is 25.8 Å². The van der Waals surface area contributed by atoms with Crippen LogP contribution in [0.25, 0.3) is 11.0 Å². The van der Waals surface area contributed by atoms with Gasteiger partial charge in [-0.3, -0.25) is 14.2 Å². The maximum atomic E-state index is 12.9. The molecule has 0 atom stereocenters. The van der Waals surface area contributed by atoms with Gasteiger partial charge in [-0.25, -0.2) is 9.97 Å². The molecule has 6 heteroatoms. The Morgan fingerprint density at radius 3 is 2.64 bits per heavy atom. The summed E-state index contributed by atoms with van der Waals surface area (Å²) in [5, 5.41) is 0.738. The smallest absolute Gasteiger partial charge is 0.265 e. The highest BCUT2D eigenvalue weighted by Crippen LogP contribution is 2.30. The molecular weight excluding hydrogens is 280 g/mol. The highest BCUT2D eigenvalue weighted by Gasteiger charge is 2.24. The first-order valence-corrected chi connectivity index (χ1v) is 7.59. The molecule has 0 spiro atoms. The van der Waals surface area contributed by atoms with Gasteiger partial charge in [0.1, 0.15) is 17.0 Å². The SMILES string of the molecule is Cc1ncc2cc(C(=O)N(C)C)c(=O)n(C3CCCC3)c2n1. The summed E-state index contributed by atoms with van der Waals surface area (Å²) in [6, 6.07) is 1.74. The summed E-state index contributed by atoms with van der Waals surface area (Å²) in [5.74, 6) is 0.351. The predicted octanol–water partition coefficient (Wildman–Crippen LogP) is 1.92. The Hall–Kier alpha value is -2.24. The van der Waals surface area contributed by atoms with Crippen LogP contribution in [0.3, 0.4) is 0 Å². The van der Waals surface area contributed by atoms with E-state index in [1.807, 2.05) is 6.92 Å². The average Bonchev–Trinajstić information content (AvgIpc) is 2.99. The van der Waals surface area contributed by atoms with Crippen LogP contribution in [0.5, 0.6) is 0 Å². The van der Waals surface area contributed by atoms with Crippen LogP contribution in [0, 0.1) is 6.92 Å². The van der Waals surface area contributed by atoms with Gasteiger partial charge in [0.25, 0.3) is 11.5 Å². The van der Waals surface area contributed by atoms with Crippen molar-refractivity contribution >= 4 is 16.9 Å². The summed E-state index contributed by atoms with van der Waals surface area (Å²) >= 11 is 0. The second kappa shape index (κ2) is 5.51. The maximum absolute atomic E-state index is 12.9. The standard InChI is InChI=1S/C16H20N4O2/c1-10-17-9-11-8-13(15(21)19(2)3)16(22)20(14(11)18-10)12-6-4-5-7-12/h8-9,12H,4-7H2,1-3H3. The second-order valence-corrected chi connectivity index (χ2v) is 6.07. The van der Waals surface area contributed by atoms with E-state index in [0.29, 0.717) is 11.5 Å². The summed E-state index contributed by atoms with van der Waals surface area (Å²) in [7, 11) is 3.30. The molecule has 116 valence electrons. The van der Waals surface area contributed by atoms with Crippen molar-refractivity contribution in [2.45, 2.75) is 38.6 Å². The average molecular weight is 300 g/mol. The molecule has 1 amide bonds. The number of amides is 1. The van der Waals surface area contributed by atoms with Gasteiger partial charge < -0.3 is 4.90 Å². The van der Waals surface area contributed by atoms with Crippen molar-refractivity contribution in [3.63, 3.8) is 0 Å². The van der Waals surface area contributed by atoms with Crippen LogP contribution in [-0.2, 0) is 0 Å². The number of fused-ring (bicyclic) bond motifs is 1. The lowest BCUT2D eigenvalue weighted by Gasteiger charge is -2.18. The minimum Gasteiger partial charge on any atom is -0.345 e. The molecule has 1 fully saturated rings. The molecular formula is C16H20N4O2. The number of hydrogen-bond donors (Lipinski definition) is 0. The number of aromatic nitrogens is 3. The van der Waals surface area contributed by atoms with Crippen molar-refractivity contribution in [3.05, 3.63) is 34.0 Å². The van der Waals surface area contributed by atoms with Gasteiger partial charge in [-0.1, -0.05) is 12.8 Å². The first-order valence-electron chi connectivity index (χ1n) is 7.59. The van der Waals surface area contributed by atoms with Crippen LogP contribution >= 0.6 is 0 Å². The molecule has 0 bridgehead atoms. The number of hydrogen-bond acceptors (Lipinski definition) is 4. The normalized spacial score (nSPS) is 15.4. The maximum Gasteiger partial charge on any atom is 0.265 e. The Morgan fingerprint density at radius 1 is 1.32 bits per heavy atom. The van der Waals surface area contributed by atoms with Gasteiger partial charge in [0, 0.05) is 31.7 Å². The van der Waals surface area contributed by atoms with Crippen molar-refractivity contribution in [2.75, 3.05) is 14.1 Å². The van der Waals surface area contributed by atoms with Crippen molar-refractivity contribution in [1.82, 2.24) is 19.4 Å². The predicted molar refractivity (Wildman–Crippen MR) is 84.1 cm³/mol. The van der Waals surface area contributed by atoms with E-state index >= 15 is 0 Å². The van der Waals surface area contributed by atoms with Crippen LogP contribution in [0.2, 0.25) is 0 Å². The Balaban J connectivity index is 2.32. The first-order chi connectivity index (χ1) is 10.5. The van der Waals surface area contributed by atoms with Crippen LogP contribution in [0.1, 0.15) is 47.9 Å². The lowest BCUT2D eigenvalue weighted by atomic mass is 10.1. The quantitative estimate of drug-likeness (QED) is 0.849. The summed E-state index contributed by atoms with van der Waals surface area (Å²) in [5.41, 5.74) is 0.591. The molecule has 6 nitrogen and oxygen atoms in total. The zero-order chi connectivity index (χ0) is 15.9. The largest absolute Gasteiger partial charge is 0.345 e. The Bertz CT molecular complexity index is 789. The van der Waals surface area contributed by atoms with Gasteiger partial charge in [-0.2, -0.15) is 0 Å². The lowest BCUT2D eigenvalue weighted by Crippen LogP contribution is -2.34. The van der Waals surface area contributed by atoms with E-state index in [4.69, 9.17) is 0 Å². The summed E-state index contributed by atoms with van der Waals surface area (Å²) in [6.07, 6.45) is 5.81. The van der Waals surface area contributed by atoms with E-state index in [0.717, 1.165) is 31.1 Å². The fourth-order valence-electron chi connectivity index (χ4n) is 3.10. The molecule has 2 heterocycles. The third-order valence-corrected chi connectivity index (χ3v) is 4.22. The third kappa shape index (κ3) is 2.38.